The number of nitrogens with one attached hydrogen (secondary N) is 1. The van der Waals surface area contributed by atoms with E-state index in [4.69, 9.17) is 9.84 Å². The fraction of sp³-hybridized carbons (Fsp3) is 0.846. The van der Waals surface area contributed by atoms with Crippen molar-refractivity contribution in [1.82, 2.24) is 10.2 Å². The molecule has 1 aliphatic rings. The first-order chi connectivity index (χ1) is 8.93. The van der Waals surface area contributed by atoms with Crippen molar-refractivity contribution in [1.29, 1.82) is 0 Å². The van der Waals surface area contributed by atoms with E-state index in [9.17, 15) is 9.59 Å². The van der Waals surface area contributed by atoms with Crippen LogP contribution in [0.4, 0.5) is 0 Å². The van der Waals surface area contributed by atoms with Gasteiger partial charge in [0, 0.05) is 19.5 Å². The standard InChI is InChI=1S/C13H24N2O4/c1-9(2)14-6-4-5-12(16)15(3)11-8-19-7-10(11)13(17)18/h9-11,14H,4-8H2,1-3H3,(H,17,18). The molecule has 6 nitrogen and oxygen atoms in total. The summed E-state index contributed by atoms with van der Waals surface area (Å²) in [5, 5.41) is 12.3. The molecule has 0 radical (unpaired) electrons. The zero-order chi connectivity index (χ0) is 14.4. The summed E-state index contributed by atoms with van der Waals surface area (Å²) in [6.45, 7) is 5.40. The number of likely N-dealkylation sites (N-methyl/N-ethyl adjacent to an activating group) is 1. The van der Waals surface area contributed by atoms with Crippen molar-refractivity contribution in [3.63, 3.8) is 0 Å². The number of hydrogen-bond donors (Lipinski definition) is 2. The maximum atomic E-state index is 12.0. The molecular weight excluding hydrogens is 248 g/mol. The molecule has 1 heterocycles. The van der Waals surface area contributed by atoms with Crippen molar-refractivity contribution in [2.24, 2.45) is 5.92 Å². The summed E-state index contributed by atoms with van der Waals surface area (Å²) < 4.78 is 5.17. The van der Waals surface area contributed by atoms with Crippen LogP contribution in [0.5, 0.6) is 0 Å². The van der Waals surface area contributed by atoms with Gasteiger partial charge in [-0.15, -0.1) is 0 Å². The van der Waals surface area contributed by atoms with E-state index in [1.54, 1.807) is 7.05 Å². The highest BCUT2D eigenvalue weighted by Gasteiger charge is 2.38. The van der Waals surface area contributed by atoms with Gasteiger partial charge < -0.3 is 20.1 Å². The van der Waals surface area contributed by atoms with Crippen molar-refractivity contribution < 1.29 is 19.4 Å². The van der Waals surface area contributed by atoms with Gasteiger partial charge in [0.1, 0.15) is 5.92 Å². The summed E-state index contributed by atoms with van der Waals surface area (Å²) >= 11 is 0. The highest BCUT2D eigenvalue weighted by molar-refractivity contribution is 5.78. The van der Waals surface area contributed by atoms with Crippen LogP contribution in [0.25, 0.3) is 0 Å². The Morgan fingerprint density at radius 2 is 2.11 bits per heavy atom. The third kappa shape index (κ3) is 4.80. The molecule has 0 aromatic carbocycles. The summed E-state index contributed by atoms with van der Waals surface area (Å²) in [5.74, 6) is -1.53. The number of amides is 1. The Kier molecular flexibility index (Phi) is 6.24. The molecule has 0 aliphatic carbocycles. The van der Waals surface area contributed by atoms with E-state index in [0.29, 0.717) is 19.1 Å². The number of nitrogens with zero attached hydrogens (tertiary/aromatic N) is 1. The molecule has 1 rings (SSSR count). The minimum atomic E-state index is -0.899. The molecule has 0 spiro atoms. The molecule has 6 heteroatoms. The Hall–Kier alpha value is -1.14. The maximum Gasteiger partial charge on any atom is 0.311 e. The van der Waals surface area contributed by atoms with Crippen molar-refractivity contribution >= 4 is 11.9 Å². The lowest BCUT2D eigenvalue weighted by Gasteiger charge is -2.26. The molecule has 2 atom stereocenters. The van der Waals surface area contributed by atoms with E-state index >= 15 is 0 Å². The Labute approximate surface area is 114 Å². The van der Waals surface area contributed by atoms with Crippen LogP contribution in [-0.2, 0) is 14.3 Å². The molecule has 0 aromatic heterocycles. The fourth-order valence-corrected chi connectivity index (χ4v) is 2.15. The molecule has 1 aliphatic heterocycles. The summed E-state index contributed by atoms with van der Waals surface area (Å²) in [6.07, 6.45) is 1.19. The SMILES string of the molecule is CC(C)NCCCC(=O)N(C)C1COCC1C(=O)O. The van der Waals surface area contributed by atoms with Gasteiger partial charge >= 0.3 is 5.97 Å². The Morgan fingerprint density at radius 3 is 2.68 bits per heavy atom. The predicted octanol–water partition coefficient (Wildman–Crippen LogP) is 0.323. The van der Waals surface area contributed by atoms with Crippen molar-refractivity contribution in [3.05, 3.63) is 0 Å². The quantitative estimate of drug-likeness (QED) is 0.653. The van der Waals surface area contributed by atoms with Crippen LogP contribution < -0.4 is 5.32 Å². The number of carboxylic acids is 1. The Balaban J connectivity index is 2.37. The number of carbonyl (C=O) groups is 2. The third-order valence-corrected chi connectivity index (χ3v) is 3.38. The average Bonchev–Trinajstić information content (AvgIpc) is 2.82. The highest BCUT2D eigenvalue weighted by atomic mass is 16.5. The zero-order valence-corrected chi connectivity index (χ0v) is 11.9. The lowest BCUT2D eigenvalue weighted by atomic mass is 10.0. The topological polar surface area (TPSA) is 78.9 Å². The molecule has 110 valence electrons. The number of aliphatic carboxylic acids is 1. The van der Waals surface area contributed by atoms with Gasteiger partial charge in [-0.1, -0.05) is 13.8 Å². The van der Waals surface area contributed by atoms with Crippen LogP contribution in [0.15, 0.2) is 0 Å². The van der Waals surface area contributed by atoms with Gasteiger partial charge in [-0.05, 0) is 13.0 Å². The molecule has 1 amide bonds. The van der Waals surface area contributed by atoms with Gasteiger partial charge in [0.05, 0.1) is 19.3 Å². The average molecular weight is 272 g/mol. The van der Waals surface area contributed by atoms with Gasteiger partial charge in [-0.2, -0.15) is 0 Å². The molecule has 0 aromatic rings. The number of hydrogen-bond acceptors (Lipinski definition) is 4. The lowest BCUT2D eigenvalue weighted by molar-refractivity contribution is -0.144. The maximum absolute atomic E-state index is 12.0. The van der Waals surface area contributed by atoms with E-state index in [-0.39, 0.29) is 18.6 Å². The van der Waals surface area contributed by atoms with Crippen LogP contribution in [0.1, 0.15) is 26.7 Å². The minimum absolute atomic E-state index is 0.0210. The molecule has 1 saturated heterocycles. The van der Waals surface area contributed by atoms with Crippen LogP contribution in [-0.4, -0.2) is 60.8 Å². The third-order valence-electron chi connectivity index (χ3n) is 3.38. The van der Waals surface area contributed by atoms with Crippen LogP contribution in [0, 0.1) is 5.92 Å². The van der Waals surface area contributed by atoms with Gasteiger partial charge in [0.25, 0.3) is 0 Å². The molecule has 2 unspecified atom stereocenters. The van der Waals surface area contributed by atoms with E-state index < -0.39 is 11.9 Å². The number of carbonyl (C=O) groups excluding carboxylic acids is 1. The second kappa shape index (κ2) is 7.45. The van der Waals surface area contributed by atoms with Gasteiger partial charge in [0.15, 0.2) is 0 Å². The fourth-order valence-electron chi connectivity index (χ4n) is 2.15. The molecule has 19 heavy (non-hydrogen) atoms. The van der Waals surface area contributed by atoms with Gasteiger partial charge in [0.2, 0.25) is 5.91 Å². The summed E-state index contributed by atoms with van der Waals surface area (Å²) in [6, 6.07) is 0.0653. The molecule has 0 bridgehead atoms. The first-order valence-corrected chi connectivity index (χ1v) is 6.73. The highest BCUT2D eigenvalue weighted by Crippen LogP contribution is 2.19. The molecular formula is C13H24N2O4. The first kappa shape index (κ1) is 15.9. The first-order valence-electron chi connectivity index (χ1n) is 6.73. The largest absolute Gasteiger partial charge is 0.481 e. The van der Waals surface area contributed by atoms with Crippen LogP contribution in [0.3, 0.4) is 0 Å². The molecule has 0 saturated carbocycles. The summed E-state index contributed by atoms with van der Waals surface area (Å²) in [5.41, 5.74) is 0. The van der Waals surface area contributed by atoms with E-state index in [1.807, 2.05) is 0 Å². The van der Waals surface area contributed by atoms with Crippen LogP contribution >= 0.6 is 0 Å². The second-order valence-corrected chi connectivity index (χ2v) is 5.27. The van der Waals surface area contributed by atoms with Crippen molar-refractivity contribution in [2.75, 3.05) is 26.8 Å². The normalized spacial score (nSPS) is 22.7. The van der Waals surface area contributed by atoms with Gasteiger partial charge in [-0.3, -0.25) is 9.59 Å². The number of ether oxygens (including phenoxy) is 1. The summed E-state index contributed by atoms with van der Waals surface area (Å²) in [4.78, 5) is 24.6. The zero-order valence-electron chi connectivity index (χ0n) is 11.9. The van der Waals surface area contributed by atoms with E-state index in [1.165, 1.54) is 4.90 Å². The molecule has 2 N–H and O–H groups in total. The second-order valence-electron chi connectivity index (χ2n) is 5.27. The summed E-state index contributed by atoms with van der Waals surface area (Å²) in [7, 11) is 1.66. The van der Waals surface area contributed by atoms with E-state index in [0.717, 1.165) is 13.0 Å². The van der Waals surface area contributed by atoms with Crippen molar-refractivity contribution in [2.45, 2.75) is 38.8 Å². The Bertz CT molecular complexity index is 320. The smallest absolute Gasteiger partial charge is 0.311 e. The lowest BCUT2D eigenvalue weighted by Crippen LogP contribution is -2.44. The minimum Gasteiger partial charge on any atom is -0.481 e. The monoisotopic (exact) mass is 272 g/mol. The Morgan fingerprint density at radius 1 is 1.42 bits per heavy atom. The number of carboxylic acid groups (broad SMARTS) is 1. The molecule has 1 fully saturated rings. The predicted molar refractivity (Wildman–Crippen MR) is 70.9 cm³/mol. The van der Waals surface area contributed by atoms with Crippen LogP contribution in [0.2, 0.25) is 0 Å². The van der Waals surface area contributed by atoms with E-state index in [2.05, 4.69) is 19.2 Å². The van der Waals surface area contributed by atoms with Crippen molar-refractivity contribution in [3.8, 4) is 0 Å². The van der Waals surface area contributed by atoms with Gasteiger partial charge in [-0.25, -0.2) is 0 Å². The number of rotatable bonds is 7.